The number of para-hydroxylation sites is 1. The van der Waals surface area contributed by atoms with Crippen molar-refractivity contribution >= 4 is 46.3 Å². The molecule has 4 heterocycles. The van der Waals surface area contributed by atoms with Gasteiger partial charge in [-0.2, -0.15) is 0 Å². The molecule has 6 rings (SSSR count). The molecule has 3 aromatic rings. The number of rotatable bonds is 3. The average molecular weight is 482 g/mol. The van der Waals surface area contributed by atoms with Crippen LogP contribution >= 0.6 is 12.4 Å². The monoisotopic (exact) mass is 481 g/mol. The Hall–Kier alpha value is -3.16. The smallest absolute Gasteiger partial charge is 0.259 e. The molecule has 0 bridgehead atoms. The molecule has 2 amide bonds. The lowest BCUT2D eigenvalue weighted by atomic mass is 9.93. The fourth-order valence-electron chi connectivity index (χ4n) is 5.47. The topological polar surface area (TPSA) is 72.4 Å². The predicted molar refractivity (Wildman–Crippen MR) is 131 cm³/mol. The van der Waals surface area contributed by atoms with Gasteiger partial charge in [0.1, 0.15) is 11.6 Å². The third-order valence-electron chi connectivity index (χ3n) is 7.01. The summed E-state index contributed by atoms with van der Waals surface area (Å²) in [6, 6.07) is 9.30. The van der Waals surface area contributed by atoms with E-state index in [4.69, 9.17) is 4.74 Å². The van der Waals surface area contributed by atoms with Crippen LogP contribution in [0.1, 0.15) is 41.1 Å². The van der Waals surface area contributed by atoms with Crippen LogP contribution in [0.2, 0.25) is 0 Å². The maximum absolute atomic E-state index is 15.1. The van der Waals surface area contributed by atoms with Crippen molar-refractivity contribution in [2.75, 3.05) is 19.7 Å². The standard InChI is InChI=1S/C26H24FN3O3.ClH/c1-14-3-2-4-17-18(13-30(23(14)17)16-7-10-28-11-8-16)20-22(26(32)29-25(20)31)21-19(27)6-5-15-9-12-33-24(15)21;/h2-6,13,16,28H,7-12H2,1H3,(H,29,31,32);1H. The number of fused-ring (bicyclic) bond motifs is 2. The zero-order valence-electron chi connectivity index (χ0n) is 18.7. The van der Waals surface area contributed by atoms with Gasteiger partial charge in [0, 0.05) is 29.6 Å². The lowest BCUT2D eigenvalue weighted by Gasteiger charge is -2.25. The normalized spacial score (nSPS) is 18.2. The fraction of sp³-hybridized carbons (Fsp3) is 0.308. The highest BCUT2D eigenvalue weighted by Gasteiger charge is 2.38. The van der Waals surface area contributed by atoms with Gasteiger partial charge in [-0.15, -0.1) is 12.4 Å². The molecule has 1 fully saturated rings. The van der Waals surface area contributed by atoms with E-state index in [0.29, 0.717) is 24.3 Å². The summed E-state index contributed by atoms with van der Waals surface area (Å²) in [6.45, 7) is 4.34. The molecule has 8 heteroatoms. The van der Waals surface area contributed by atoms with Crippen LogP contribution in [0.5, 0.6) is 5.75 Å². The Balaban J connectivity index is 0.00000241. The van der Waals surface area contributed by atoms with Crippen LogP contribution in [0.15, 0.2) is 36.5 Å². The van der Waals surface area contributed by atoms with Crippen molar-refractivity contribution in [3.63, 3.8) is 0 Å². The van der Waals surface area contributed by atoms with E-state index in [1.54, 1.807) is 6.07 Å². The minimum absolute atomic E-state index is 0. The number of halogens is 2. The van der Waals surface area contributed by atoms with Crippen molar-refractivity contribution in [1.82, 2.24) is 15.2 Å². The van der Waals surface area contributed by atoms with Crippen LogP contribution in [0.25, 0.3) is 22.0 Å². The summed E-state index contributed by atoms with van der Waals surface area (Å²) in [6.07, 6.45) is 4.57. The molecule has 0 spiro atoms. The predicted octanol–water partition coefficient (Wildman–Crippen LogP) is 3.94. The Morgan fingerprint density at radius 3 is 2.62 bits per heavy atom. The van der Waals surface area contributed by atoms with E-state index < -0.39 is 17.6 Å². The molecule has 0 aliphatic carbocycles. The molecule has 3 aliphatic rings. The van der Waals surface area contributed by atoms with Gasteiger partial charge >= 0.3 is 0 Å². The summed E-state index contributed by atoms with van der Waals surface area (Å²) in [4.78, 5) is 26.1. The fourth-order valence-corrected chi connectivity index (χ4v) is 5.47. The number of nitrogens with one attached hydrogen (secondary N) is 2. The summed E-state index contributed by atoms with van der Waals surface area (Å²) in [5.41, 5.74) is 4.00. The molecular formula is C26H25ClFN3O3. The van der Waals surface area contributed by atoms with Crippen LogP contribution < -0.4 is 15.4 Å². The van der Waals surface area contributed by atoms with E-state index in [1.165, 1.54) is 6.07 Å². The molecule has 1 saturated heterocycles. The zero-order valence-corrected chi connectivity index (χ0v) is 19.6. The molecule has 2 aromatic carbocycles. The number of benzene rings is 2. The first-order valence-electron chi connectivity index (χ1n) is 11.4. The highest BCUT2D eigenvalue weighted by atomic mass is 35.5. The van der Waals surface area contributed by atoms with E-state index in [-0.39, 0.29) is 35.2 Å². The van der Waals surface area contributed by atoms with Gasteiger partial charge in [0.05, 0.1) is 28.8 Å². The Labute approximate surface area is 202 Å². The number of hydrogen-bond donors (Lipinski definition) is 2. The maximum atomic E-state index is 15.1. The molecule has 176 valence electrons. The Bertz CT molecular complexity index is 1370. The molecule has 2 N–H and O–H groups in total. The van der Waals surface area contributed by atoms with Crippen molar-refractivity contribution in [2.24, 2.45) is 0 Å². The number of nitrogens with zero attached hydrogens (tertiary/aromatic N) is 1. The highest BCUT2D eigenvalue weighted by molar-refractivity contribution is 6.50. The first-order chi connectivity index (χ1) is 16.0. The second kappa shape index (κ2) is 8.56. The number of carbonyl (C=O) groups excluding carboxylic acids is 2. The van der Waals surface area contributed by atoms with E-state index in [1.807, 2.05) is 18.3 Å². The van der Waals surface area contributed by atoms with Crippen LogP contribution in [0, 0.1) is 12.7 Å². The summed E-state index contributed by atoms with van der Waals surface area (Å²) in [5, 5.41) is 6.69. The van der Waals surface area contributed by atoms with E-state index >= 15 is 4.39 Å². The van der Waals surface area contributed by atoms with Gasteiger partial charge in [-0.3, -0.25) is 14.9 Å². The van der Waals surface area contributed by atoms with Gasteiger partial charge in [0.15, 0.2) is 0 Å². The van der Waals surface area contributed by atoms with Gasteiger partial charge in [-0.05, 0) is 50.0 Å². The number of aromatic nitrogens is 1. The number of carbonyl (C=O) groups is 2. The summed E-state index contributed by atoms with van der Waals surface area (Å²) >= 11 is 0. The minimum Gasteiger partial charge on any atom is -0.492 e. The summed E-state index contributed by atoms with van der Waals surface area (Å²) in [7, 11) is 0. The number of piperidine rings is 1. The molecule has 3 aliphatic heterocycles. The molecule has 0 unspecified atom stereocenters. The van der Waals surface area contributed by atoms with Gasteiger partial charge in [-0.1, -0.05) is 24.3 Å². The zero-order chi connectivity index (χ0) is 22.7. The van der Waals surface area contributed by atoms with Gasteiger partial charge in [0.2, 0.25) is 0 Å². The lowest BCUT2D eigenvalue weighted by Crippen LogP contribution is -2.29. The highest BCUT2D eigenvalue weighted by Crippen LogP contribution is 2.43. The largest absolute Gasteiger partial charge is 0.492 e. The van der Waals surface area contributed by atoms with Gasteiger partial charge in [0.25, 0.3) is 11.8 Å². The third kappa shape index (κ3) is 3.34. The Morgan fingerprint density at radius 2 is 1.82 bits per heavy atom. The van der Waals surface area contributed by atoms with E-state index in [0.717, 1.165) is 48.0 Å². The SMILES string of the molecule is Cc1cccc2c(C3=C(c4c(F)ccc5c4OCC5)C(=O)NC3=O)cn(C3CCNCC3)c12.Cl. The number of ether oxygens (including phenoxy) is 1. The first-order valence-corrected chi connectivity index (χ1v) is 11.4. The van der Waals surface area contributed by atoms with Crippen molar-refractivity contribution < 1.29 is 18.7 Å². The summed E-state index contributed by atoms with van der Waals surface area (Å²) < 4.78 is 23.1. The first kappa shape index (κ1) is 22.6. The molecule has 0 radical (unpaired) electrons. The lowest BCUT2D eigenvalue weighted by molar-refractivity contribution is -0.122. The number of aryl methyl sites for hydroxylation is 1. The second-order valence-corrected chi connectivity index (χ2v) is 8.94. The molecular weight excluding hydrogens is 457 g/mol. The second-order valence-electron chi connectivity index (χ2n) is 8.94. The molecule has 0 atom stereocenters. The maximum Gasteiger partial charge on any atom is 0.259 e. The van der Waals surface area contributed by atoms with Crippen LogP contribution in [-0.4, -0.2) is 36.1 Å². The molecule has 0 saturated carbocycles. The van der Waals surface area contributed by atoms with Gasteiger partial charge in [-0.25, -0.2) is 4.39 Å². The third-order valence-corrected chi connectivity index (χ3v) is 7.01. The van der Waals surface area contributed by atoms with E-state index in [2.05, 4.69) is 28.2 Å². The number of hydrogen-bond acceptors (Lipinski definition) is 4. The van der Waals surface area contributed by atoms with Gasteiger partial charge < -0.3 is 14.6 Å². The average Bonchev–Trinajstić information content (AvgIpc) is 3.50. The number of imide groups is 1. The summed E-state index contributed by atoms with van der Waals surface area (Å²) in [5.74, 6) is -1.29. The Morgan fingerprint density at radius 1 is 1.06 bits per heavy atom. The van der Waals surface area contributed by atoms with Crippen molar-refractivity contribution in [1.29, 1.82) is 0 Å². The van der Waals surface area contributed by atoms with E-state index in [9.17, 15) is 9.59 Å². The number of amides is 2. The van der Waals surface area contributed by atoms with Crippen molar-refractivity contribution in [3.05, 3.63) is 64.6 Å². The van der Waals surface area contributed by atoms with Crippen LogP contribution in [0.4, 0.5) is 4.39 Å². The van der Waals surface area contributed by atoms with Crippen molar-refractivity contribution in [2.45, 2.75) is 32.2 Å². The van der Waals surface area contributed by atoms with Crippen LogP contribution in [-0.2, 0) is 16.0 Å². The van der Waals surface area contributed by atoms with Crippen molar-refractivity contribution in [3.8, 4) is 5.75 Å². The minimum atomic E-state index is -0.590. The van der Waals surface area contributed by atoms with Crippen LogP contribution in [0.3, 0.4) is 0 Å². The quantitative estimate of drug-likeness (QED) is 0.556. The molecule has 1 aromatic heterocycles. The molecule has 34 heavy (non-hydrogen) atoms. The molecule has 6 nitrogen and oxygen atoms in total. The Kier molecular flexibility index (Phi) is 5.70.